The summed E-state index contributed by atoms with van der Waals surface area (Å²) in [6.45, 7) is 5.27. The van der Waals surface area contributed by atoms with E-state index in [4.69, 9.17) is 9.26 Å². The van der Waals surface area contributed by atoms with Crippen molar-refractivity contribution < 1.29 is 27.2 Å². The monoisotopic (exact) mass is 411 g/mol. The average molecular weight is 411 g/mol. The molecule has 0 fully saturated rings. The molecule has 0 aliphatic carbocycles. The van der Waals surface area contributed by atoms with Crippen LogP contribution >= 0.6 is 11.3 Å². The van der Waals surface area contributed by atoms with Gasteiger partial charge in [0.05, 0.1) is 11.3 Å². The highest BCUT2D eigenvalue weighted by Gasteiger charge is 2.30. The van der Waals surface area contributed by atoms with E-state index in [1.54, 1.807) is 6.92 Å². The molecule has 0 spiro atoms. The SMILES string of the molecule is Cc1nc(-c2ccc(C(F)(F)F)cc2)sc1C(=O)OCc1nc(C(C)C)no1. The molecule has 0 N–H and O–H groups in total. The zero-order valence-corrected chi connectivity index (χ0v) is 16.0. The van der Waals surface area contributed by atoms with Crippen molar-refractivity contribution in [1.82, 2.24) is 15.1 Å². The first kappa shape index (κ1) is 20.0. The van der Waals surface area contributed by atoms with Gasteiger partial charge >= 0.3 is 12.1 Å². The lowest BCUT2D eigenvalue weighted by molar-refractivity contribution is -0.137. The van der Waals surface area contributed by atoms with E-state index in [9.17, 15) is 18.0 Å². The van der Waals surface area contributed by atoms with Gasteiger partial charge in [-0.15, -0.1) is 11.3 Å². The van der Waals surface area contributed by atoms with E-state index in [1.165, 1.54) is 12.1 Å². The number of aromatic nitrogens is 3. The molecule has 0 bridgehead atoms. The summed E-state index contributed by atoms with van der Waals surface area (Å²) in [5, 5.41) is 4.21. The minimum Gasteiger partial charge on any atom is -0.451 e. The van der Waals surface area contributed by atoms with Gasteiger partial charge in [-0.25, -0.2) is 9.78 Å². The second kappa shape index (κ2) is 7.70. The van der Waals surface area contributed by atoms with E-state index in [-0.39, 0.29) is 23.3 Å². The number of carbonyl (C=O) groups excluding carboxylic acids is 1. The van der Waals surface area contributed by atoms with Crippen molar-refractivity contribution in [2.75, 3.05) is 0 Å². The number of carbonyl (C=O) groups is 1. The van der Waals surface area contributed by atoms with Crippen LogP contribution in [0.25, 0.3) is 10.6 Å². The zero-order chi connectivity index (χ0) is 20.5. The van der Waals surface area contributed by atoms with Crippen LogP contribution in [-0.2, 0) is 17.5 Å². The molecule has 2 aromatic heterocycles. The van der Waals surface area contributed by atoms with Crippen LogP contribution in [0.3, 0.4) is 0 Å². The number of hydrogen-bond acceptors (Lipinski definition) is 7. The molecule has 0 saturated carbocycles. The third-order valence-electron chi connectivity index (χ3n) is 3.77. The number of thiazole rings is 1. The Morgan fingerprint density at radius 3 is 2.46 bits per heavy atom. The molecule has 0 atom stereocenters. The van der Waals surface area contributed by atoms with Gasteiger partial charge in [-0.2, -0.15) is 18.2 Å². The second-order valence-electron chi connectivity index (χ2n) is 6.29. The van der Waals surface area contributed by atoms with Gasteiger partial charge in [0.2, 0.25) is 0 Å². The van der Waals surface area contributed by atoms with Crippen molar-refractivity contribution in [3.63, 3.8) is 0 Å². The fourth-order valence-electron chi connectivity index (χ4n) is 2.27. The van der Waals surface area contributed by atoms with E-state index in [2.05, 4.69) is 15.1 Å². The Labute approximate surface area is 162 Å². The Balaban J connectivity index is 1.71. The van der Waals surface area contributed by atoms with Gasteiger partial charge in [0.25, 0.3) is 5.89 Å². The molecule has 0 radical (unpaired) electrons. The first-order valence-corrected chi connectivity index (χ1v) is 9.11. The molecular formula is C18H16F3N3O3S. The van der Waals surface area contributed by atoms with Gasteiger partial charge in [-0.1, -0.05) is 31.1 Å². The minimum atomic E-state index is -4.41. The fraction of sp³-hybridized carbons (Fsp3) is 0.333. The molecule has 3 rings (SSSR count). The Morgan fingerprint density at radius 1 is 1.21 bits per heavy atom. The first-order valence-electron chi connectivity index (χ1n) is 8.30. The maximum atomic E-state index is 12.7. The number of esters is 1. The van der Waals surface area contributed by atoms with Crippen LogP contribution in [0.5, 0.6) is 0 Å². The topological polar surface area (TPSA) is 78.1 Å². The highest BCUT2D eigenvalue weighted by molar-refractivity contribution is 7.17. The lowest BCUT2D eigenvalue weighted by Gasteiger charge is -2.06. The Kier molecular flexibility index (Phi) is 5.50. The summed E-state index contributed by atoms with van der Waals surface area (Å²) >= 11 is 1.05. The highest BCUT2D eigenvalue weighted by atomic mass is 32.1. The lowest BCUT2D eigenvalue weighted by atomic mass is 10.1. The van der Waals surface area contributed by atoms with Gasteiger partial charge < -0.3 is 9.26 Å². The van der Waals surface area contributed by atoms with Crippen molar-refractivity contribution in [3.8, 4) is 10.6 Å². The molecule has 0 unspecified atom stereocenters. The minimum absolute atomic E-state index is 0.0863. The van der Waals surface area contributed by atoms with E-state index in [1.807, 2.05) is 13.8 Å². The van der Waals surface area contributed by atoms with Crippen molar-refractivity contribution in [3.05, 3.63) is 52.1 Å². The van der Waals surface area contributed by atoms with E-state index >= 15 is 0 Å². The van der Waals surface area contributed by atoms with Gasteiger partial charge in [-0.05, 0) is 19.1 Å². The van der Waals surface area contributed by atoms with E-state index < -0.39 is 17.7 Å². The average Bonchev–Trinajstić information content (AvgIpc) is 3.26. The van der Waals surface area contributed by atoms with Gasteiger partial charge in [-0.3, -0.25) is 0 Å². The second-order valence-corrected chi connectivity index (χ2v) is 7.28. The Bertz CT molecular complexity index is 978. The number of halogens is 3. The molecule has 0 saturated heterocycles. The number of alkyl halides is 3. The van der Waals surface area contributed by atoms with Crippen LogP contribution in [0.2, 0.25) is 0 Å². The number of ether oxygens (including phenoxy) is 1. The number of hydrogen-bond donors (Lipinski definition) is 0. The predicted octanol–water partition coefficient (Wildman–Crippen LogP) is 5.00. The maximum absolute atomic E-state index is 12.7. The van der Waals surface area contributed by atoms with Crippen LogP contribution in [0.15, 0.2) is 28.8 Å². The number of rotatable bonds is 5. The number of nitrogens with zero attached hydrogens (tertiary/aromatic N) is 3. The Morgan fingerprint density at radius 2 is 1.89 bits per heavy atom. The van der Waals surface area contributed by atoms with Gasteiger partial charge in [0, 0.05) is 11.5 Å². The van der Waals surface area contributed by atoms with Crippen molar-refractivity contribution in [1.29, 1.82) is 0 Å². The fourth-order valence-corrected chi connectivity index (χ4v) is 3.23. The lowest BCUT2D eigenvalue weighted by Crippen LogP contribution is -2.05. The molecule has 0 aliphatic heterocycles. The summed E-state index contributed by atoms with van der Waals surface area (Å²) in [5.41, 5.74) is 0.168. The molecule has 0 amide bonds. The van der Waals surface area contributed by atoms with Crippen LogP contribution in [-0.4, -0.2) is 21.1 Å². The van der Waals surface area contributed by atoms with Gasteiger partial charge in [0.15, 0.2) is 12.4 Å². The van der Waals surface area contributed by atoms with Crippen LogP contribution in [0, 0.1) is 6.92 Å². The molecule has 10 heteroatoms. The standard InChI is InChI=1S/C18H16F3N3O3S/c1-9(2)15-23-13(27-24-15)8-26-17(25)14-10(3)22-16(28-14)11-4-6-12(7-5-11)18(19,20)21/h4-7,9H,8H2,1-3H3. The van der Waals surface area contributed by atoms with Crippen molar-refractivity contribution in [2.24, 2.45) is 0 Å². The molecule has 2 heterocycles. The quantitative estimate of drug-likeness (QED) is 0.550. The van der Waals surface area contributed by atoms with E-state index in [0.29, 0.717) is 22.1 Å². The molecule has 3 aromatic rings. The number of aryl methyl sites for hydroxylation is 1. The summed E-state index contributed by atoms with van der Waals surface area (Å²) in [7, 11) is 0. The van der Waals surface area contributed by atoms with E-state index in [0.717, 1.165) is 23.5 Å². The molecule has 28 heavy (non-hydrogen) atoms. The molecule has 148 valence electrons. The van der Waals surface area contributed by atoms with Crippen LogP contribution in [0.1, 0.15) is 52.4 Å². The highest BCUT2D eigenvalue weighted by Crippen LogP contribution is 2.33. The Hall–Kier alpha value is -2.75. The smallest absolute Gasteiger partial charge is 0.416 e. The normalized spacial score (nSPS) is 11.8. The summed E-state index contributed by atoms with van der Waals surface area (Å²) in [4.78, 5) is 21.0. The number of benzene rings is 1. The maximum Gasteiger partial charge on any atom is 0.416 e. The first-order chi connectivity index (χ1) is 13.1. The largest absolute Gasteiger partial charge is 0.451 e. The molecular weight excluding hydrogens is 395 g/mol. The van der Waals surface area contributed by atoms with Gasteiger partial charge in [0.1, 0.15) is 9.88 Å². The third-order valence-corrected chi connectivity index (χ3v) is 4.95. The van der Waals surface area contributed by atoms with Crippen molar-refractivity contribution in [2.45, 2.75) is 39.5 Å². The van der Waals surface area contributed by atoms with Crippen LogP contribution < -0.4 is 0 Å². The zero-order valence-electron chi connectivity index (χ0n) is 15.2. The molecule has 0 aliphatic rings. The third kappa shape index (κ3) is 4.38. The predicted molar refractivity (Wildman–Crippen MR) is 94.8 cm³/mol. The van der Waals surface area contributed by atoms with Crippen molar-refractivity contribution >= 4 is 17.3 Å². The summed E-state index contributed by atoms with van der Waals surface area (Å²) < 4.78 is 48.2. The summed E-state index contributed by atoms with van der Waals surface area (Å²) in [6, 6.07) is 4.60. The summed E-state index contributed by atoms with van der Waals surface area (Å²) in [6.07, 6.45) is -4.41. The van der Waals surface area contributed by atoms with Crippen LogP contribution in [0.4, 0.5) is 13.2 Å². The molecule has 6 nitrogen and oxygen atoms in total. The summed E-state index contributed by atoms with van der Waals surface area (Å²) in [5.74, 6) is 0.174. The molecule has 1 aromatic carbocycles.